The second-order valence-corrected chi connectivity index (χ2v) is 5.65. The summed E-state index contributed by atoms with van der Waals surface area (Å²) in [7, 11) is 0. The van der Waals surface area contributed by atoms with Gasteiger partial charge in [-0.3, -0.25) is 0 Å². The predicted molar refractivity (Wildman–Crippen MR) is 94.8 cm³/mol. The van der Waals surface area contributed by atoms with E-state index in [4.69, 9.17) is 12.2 Å². The van der Waals surface area contributed by atoms with E-state index >= 15 is 0 Å². The van der Waals surface area contributed by atoms with Gasteiger partial charge in [-0.25, -0.2) is 0 Å². The minimum absolute atomic E-state index is 0.180. The van der Waals surface area contributed by atoms with Crippen LogP contribution < -0.4 is 10.6 Å². The van der Waals surface area contributed by atoms with E-state index in [-0.39, 0.29) is 6.04 Å². The lowest BCUT2D eigenvalue weighted by Gasteiger charge is -2.18. The average molecular weight is 298 g/mol. The van der Waals surface area contributed by atoms with E-state index in [9.17, 15) is 0 Å². The van der Waals surface area contributed by atoms with Crippen LogP contribution in [0.4, 0.5) is 5.69 Å². The standard InChI is InChI=1S/C18H22N2S/c1-4-15-7-5-6-8-17(15)20-18(21)19-14(3)16-11-9-13(2)10-12-16/h5-12,14H,4H2,1-3H3,(H2,19,20,21). The van der Waals surface area contributed by atoms with Gasteiger partial charge in [0.25, 0.3) is 0 Å². The van der Waals surface area contributed by atoms with Gasteiger partial charge in [0.15, 0.2) is 5.11 Å². The van der Waals surface area contributed by atoms with Crippen LogP contribution in [0.15, 0.2) is 48.5 Å². The Balaban J connectivity index is 1.99. The summed E-state index contributed by atoms with van der Waals surface area (Å²) in [5.41, 5.74) is 4.84. The third kappa shape index (κ3) is 4.30. The zero-order chi connectivity index (χ0) is 15.2. The second kappa shape index (κ2) is 7.23. The van der Waals surface area contributed by atoms with Crippen LogP contribution in [0.5, 0.6) is 0 Å². The molecule has 0 aliphatic heterocycles. The first-order valence-corrected chi connectivity index (χ1v) is 7.73. The van der Waals surface area contributed by atoms with Gasteiger partial charge < -0.3 is 10.6 Å². The summed E-state index contributed by atoms with van der Waals surface area (Å²) >= 11 is 5.42. The van der Waals surface area contributed by atoms with Crippen molar-refractivity contribution in [3.05, 3.63) is 65.2 Å². The van der Waals surface area contributed by atoms with Gasteiger partial charge in [-0.15, -0.1) is 0 Å². The highest BCUT2D eigenvalue weighted by atomic mass is 32.1. The van der Waals surface area contributed by atoms with Crippen LogP contribution in [0.3, 0.4) is 0 Å². The smallest absolute Gasteiger partial charge is 0.171 e. The molecule has 0 aliphatic rings. The van der Waals surface area contributed by atoms with Crippen LogP contribution >= 0.6 is 12.2 Å². The Kier molecular flexibility index (Phi) is 5.34. The second-order valence-electron chi connectivity index (χ2n) is 5.24. The quantitative estimate of drug-likeness (QED) is 0.806. The van der Waals surface area contributed by atoms with Crippen molar-refractivity contribution in [2.24, 2.45) is 0 Å². The lowest BCUT2D eigenvalue weighted by atomic mass is 10.1. The number of hydrogen-bond acceptors (Lipinski definition) is 1. The summed E-state index contributed by atoms with van der Waals surface area (Å²) in [5.74, 6) is 0. The molecule has 1 unspecified atom stereocenters. The molecular weight excluding hydrogens is 276 g/mol. The lowest BCUT2D eigenvalue weighted by Crippen LogP contribution is -2.31. The summed E-state index contributed by atoms with van der Waals surface area (Å²) in [5, 5.41) is 7.29. The Morgan fingerprint density at radius 3 is 2.43 bits per heavy atom. The van der Waals surface area contributed by atoms with Gasteiger partial charge in [0.2, 0.25) is 0 Å². The summed E-state index contributed by atoms with van der Waals surface area (Å²) in [6, 6.07) is 16.9. The zero-order valence-corrected chi connectivity index (χ0v) is 13.6. The van der Waals surface area contributed by atoms with Crippen LogP contribution in [0.2, 0.25) is 0 Å². The maximum atomic E-state index is 5.42. The molecule has 0 heterocycles. The van der Waals surface area contributed by atoms with Crippen molar-refractivity contribution in [3.8, 4) is 0 Å². The molecule has 0 spiro atoms. The normalized spacial score (nSPS) is 11.8. The Hall–Kier alpha value is -1.87. The summed E-state index contributed by atoms with van der Waals surface area (Å²) < 4.78 is 0. The number of anilines is 1. The molecule has 2 aromatic carbocycles. The molecule has 0 bridgehead atoms. The Bertz CT molecular complexity index is 605. The Labute approximate surface area is 132 Å². The highest BCUT2D eigenvalue weighted by molar-refractivity contribution is 7.80. The number of para-hydroxylation sites is 1. The average Bonchev–Trinajstić information content (AvgIpc) is 2.48. The van der Waals surface area contributed by atoms with Gasteiger partial charge >= 0.3 is 0 Å². The number of aryl methyl sites for hydroxylation is 2. The number of thiocarbonyl (C=S) groups is 1. The molecule has 0 saturated carbocycles. The van der Waals surface area contributed by atoms with Crippen LogP contribution in [0, 0.1) is 6.92 Å². The molecule has 0 fully saturated rings. The third-order valence-corrected chi connectivity index (χ3v) is 3.79. The van der Waals surface area contributed by atoms with Crippen LogP contribution in [-0.4, -0.2) is 5.11 Å². The minimum atomic E-state index is 0.180. The van der Waals surface area contributed by atoms with Crippen LogP contribution in [0.25, 0.3) is 0 Å². The van der Waals surface area contributed by atoms with Crippen molar-refractivity contribution in [1.29, 1.82) is 0 Å². The maximum Gasteiger partial charge on any atom is 0.171 e. The SMILES string of the molecule is CCc1ccccc1NC(=S)NC(C)c1ccc(C)cc1. The van der Waals surface area contributed by atoms with E-state index in [0.29, 0.717) is 5.11 Å². The van der Waals surface area contributed by atoms with E-state index in [1.165, 1.54) is 16.7 Å². The number of hydrogen-bond donors (Lipinski definition) is 2. The highest BCUT2D eigenvalue weighted by Gasteiger charge is 2.08. The summed E-state index contributed by atoms with van der Waals surface area (Å²) in [6.45, 7) is 6.35. The number of nitrogens with one attached hydrogen (secondary N) is 2. The zero-order valence-electron chi connectivity index (χ0n) is 12.8. The molecule has 0 saturated heterocycles. The molecular formula is C18H22N2S. The predicted octanol–water partition coefficient (Wildman–Crippen LogP) is 4.61. The van der Waals surface area contributed by atoms with Crippen molar-refractivity contribution in [3.63, 3.8) is 0 Å². The van der Waals surface area contributed by atoms with Gasteiger partial charge in [0.05, 0.1) is 6.04 Å². The Morgan fingerprint density at radius 1 is 1.10 bits per heavy atom. The fourth-order valence-electron chi connectivity index (χ4n) is 2.24. The van der Waals surface area contributed by atoms with Gasteiger partial charge in [-0.1, -0.05) is 55.0 Å². The van der Waals surface area contributed by atoms with Gasteiger partial charge in [-0.2, -0.15) is 0 Å². The van der Waals surface area contributed by atoms with E-state index in [1.54, 1.807) is 0 Å². The van der Waals surface area contributed by atoms with E-state index in [0.717, 1.165) is 12.1 Å². The first-order chi connectivity index (χ1) is 10.1. The van der Waals surface area contributed by atoms with Crippen LogP contribution in [-0.2, 0) is 6.42 Å². The van der Waals surface area contributed by atoms with Crippen molar-refractivity contribution >= 4 is 23.0 Å². The summed E-state index contributed by atoms with van der Waals surface area (Å²) in [4.78, 5) is 0. The molecule has 0 radical (unpaired) electrons. The fraction of sp³-hybridized carbons (Fsp3) is 0.278. The molecule has 1 atom stereocenters. The van der Waals surface area contributed by atoms with E-state index in [2.05, 4.69) is 73.9 Å². The van der Waals surface area contributed by atoms with Crippen molar-refractivity contribution in [2.75, 3.05) is 5.32 Å². The topological polar surface area (TPSA) is 24.1 Å². The van der Waals surface area contributed by atoms with Crippen molar-refractivity contribution in [2.45, 2.75) is 33.2 Å². The molecule has 2 rings (SSSR count). The molecule has 2 aromatic rings. The molecule has 2 nitrogen and oxygen atoms in total. The first kappa shape index (κ1) is 15.5. The molecule has 110 valence electrons. The number of benzene rings is 2. The fourth-order valence-corrected chi connectivity index (χ4v) is 2.53. The van der Waals surface area contributed by atoms with Gasteiger partial charge in [0.1, 0.15) is 0 Å². The van der Waals surface area contributed by atoms with E-state index in [1.807, 2.05) is 6.07 Å². The Morgan fingerprint density at radius 2 is 1.76 bits per heavy atom. The van der Waals surface area contributed by atoms with E-state index < -0.39 is 0 Å². The molecule has 0 aliphatic carbocycles. The molecule has 3 heteroatoms. The summed E-state index contributed by atoms with van der Waals surface area (Å²) in [6.07, 6.45) is 0.985. The third-order valence-electron chi connectivity index (χ3n) is 3.57. The van der Waals surface area contributed by atoms with Gasteiger partial charge in [0, 0.05) is 5.69 Å². The van der Waals surface area contributed by atoms with Crippen molar-refractivity contribution < 1.29 is 0 Å². The minimum Gasteiger partial charge on any atom is -0.356 e. The monoisotopic (exact) mass is 298 g/mol. The van der Waals surface area contributed by atoms with Gasteiger partial charge in [-0.05, 0) is 49.7 Å². The molecule has 0 amide bonds. The molecule has 2 N–H and O–H groups in total. The molecule has 0 aromatic heterocycles. The first-order valence-electron chi connectivity index (χ1n) is 7.32. The van der Waals surface area contributed by atoms with Crippen molar-refractivity contribution in [1.82, 2.24) is 5.32 Å². The highest BCUT2D eigenvalue weighted by Crippen LogP contribution is 2.17. The lowest BCUT2D eigenvalue weighted by molar-refractivity contribution is 0.722. The molecule has 21 heavy (non-hydrogen) atoms. The largest absolute Gasteiger partial charge is 0.356 e. The van der Waals surface area contributed by atoms with Crippen LogP contribution in [0.1, 0.15) is 36.6 Å². The maximum absolute atomic E-state index is 5.42. The number of rotatable bonds is 4.